The van der Waals surface area contributed by atoms with Crippen molar-refractivity contribution in [3.05, 3.63) is 88.5 Å². The summed E-state index contributed by atoms with van der Waals surface area (Å²) in [6, 6.07) is 12.7. The van der Waals surface area contributed by atoms with Crippen LogP contribution in [0.3, 0.4) is 0 Å². The molecule has 0 fully saturated rings. The van der Waals surface area contributed by atoms with Crippen LogP contribution in [0.1, 0.15) is 78.2 Å². The van der Waals surface area contributed by atoms with Gasteiger partial charge in [-0.05, 0) is 67.1 Å². The number of fused-ring (bicyclic) bond motifs is 1. The largest absolute Gasteiger partial charge is 0.346 e. The Bertz CT molecular complexity index is 1350. The van der Waals surface area contributed by atoms with Gasteiger partial charge in [-0.25, -0.2) is 8.42 Å². The molecular weight excluding hydrogens is 484 g/mol. The number of benzene rings is 2. The van der Waals surface area contributed by atoms with Gasteiger partial charge in [0.05, 0.1) is 28.1 Å². The van der Waals surface area contributed by atoms with E-state index in [-0.39, 0.29) is 23.7 Å². The standard InChI is InChI=1S/C29H36N4O3S/c1-6-37(35,36)26-10-7-22(8-11-26)21(5)32-29(34)24-9-12-27-23(15-24)13-14-33(28(27)19(2)3)18-25-17-30-20(4)16-31-25/h7-12,15-17,19,21,28H,6,13-14,18H2,1-5H3,(H,32,34). The summed E-state index contributed by atoms with van der Waals surface area (Å²) < 4.78 is 24.1. The summed E-state index contributed by atoms with van der Waals surface area (Å²) >= 11 is 0. The minimum Gasteiger partial charge on any atom is -0.346 e. The minimum absolute atomic E-state index is 0.0619. The second-order valence-corrected chi connectivity index (χ2v) is 12.4. The molecule has 4 rings (SSSR count). The van der Waals surface area contributed by atoms with Crippen molar-refractivity contribution >= 4 is 15.7 Å². The van der Waals surface area contributed by atoms with Gasteiger partial charge >= 0.3 is 0 Å². The number of carbonyl (C=O) groups excluding carboxylic acids is 1. The zero-order chi connectivity index (χ0) is 26.7. The maximum absolute atomic E-state index is 13.1. The highest BCUT2D eigenvalue weighted by molar-refractivity contribution is 7.91. The summed E-state index contributed by atoms with van der Waals surface area (Å²) in [5.74, 6) is 0.322. The number of nitrogens with one attached hydrogen (secondary N) is 1. The molecule has 1 aromatic heterocycles. The Morgan fingerprint density at radius 1 is 1.08 bits per heavy atom. The van der Waals surface area contributed by atoms with Crippen LogP contribution in [0, 0.1) is 12.8 Å². The van der Waals surface area contributed by atoms with E-state index in [0.29, 0.717) is 16.4 Å². The van der Waals surface area contributed by atoms with Crippen molar-refractivity contribution in [1.29, 1.82) is 0 Å². The number of aryl methyl sites for hydroxylation is 1. The SMILES string of the molecule is CCS(=O)(=O)c1ccc(C(C)NC(=O)c2ccc3c(c2)CCN(Cc2cnc(C)cn2)C3C(C)C)cc1. The van der Waals surface area contributed by atoms with Crippen molar-refractivity contribution in [2.45, 2.75) is 64.6 Å². The number of nitrogens with zero attached hydrogens (tertiary/aromatic N) is 3. The monoisotopic (exact) mass is 520 g/mol. The fraction of sp³-hybridized carbons (Fsp3) is 0.414. The summed E-state index contributed by atoms with van der Waals surface area (Å²) in [7, 11) is -3.25. The van der Waals surface area contributed by atoms with E-state index in [0.717, 1.165) is 36.5 Å². The second-order valence-electron chi connectivity index (χ2n) is 10.1. The van der Waals surface area contributed by atoms with Crippen molar-refractivity contribution in [2.75, 3.05) is 12.3 Å². The van der Waals surface area contributed by atoms with Gasteiger partial charge < -0.3 is 5.32 Å². The Balaban J connectivity index is 1.48. The molecule has 8 heteroatoms. The highest BCUT2D eigenvalue weighted by Gasteiger charge is 2.30. The van der Waals surface area contributed by atoms with Crippen LogP contribution in [0.4, 0.5) is 0 Å². The smallest absolute Gasteiger partial charge is 0.251 e. The number of aromatic nitrogens is 2. The third-order valence-electron chi connectivity index (χ3n) is 7.08. The molecule has 1 aliphatic rings. The van der Waals surface area contributed by atoms with E-state index in [2.05, 4.69) is 40.1 Å². The summed E-state index contributed by atoms with van der Waals surface area (Å²) in [5, 5.41) is 3.06. The first-order chi connectivity index (χ1) is 17.6. The predicted molar refractivity (Wildman–Crippen MR) is 145 cm³/mol. The third-order valence-corrected chi connectivity index (χ3v) is 8.83. The molecular formula is C29H36N4O3S. The maximum Gasteiger partial charge on any atom is 0.251 e. The van der Waals surface area contributed by atoms with E-state index in [1.54, 1.807) is 31.2 Å². The number of hydrogen-bond donors (Lipinski definition) is 1. The van der Waals surface area contributed by atoms with E-state index in [1.165, 1.54) is 11.1 Å². The van der Waals surface area contributed by atoms with Crippen LogP contribution in [0.25, 0.3) is 0 Å². The number of hydrogen-bond acceptors (Lipinski definition) is 6. The van der Waals surface area contributed by atoms with E-state index >= 15 is 0 Å². The Kier molecular flexibility index (Phi) is 8.09. The predicted octanol–water partition coefficient (Wildman–Crippen LogP) is 4.83. The van der Waals surface area contributed by atoms with Gasteiger partial charge in [-0.15, -0.1) is 0 Å². The molecule has 3 aromatic rings. The fourth-order valence-corrected chi connectivity index (χ4v) is 5.90. The van der Waals surface area contributed by atoms with Gasteiger partial charge in [0.1, 0.15) is 0 Å². The molecule has 7 nitrogen and oxygen atoms in total. The average Bonchev–Trinajstić information content (AvgIpc) is 2.89. The lowest BCUT2D eigenvalue weighted by Crippen LogP contribution is -2.38. The summed E-state index contributed by atoms with van der Waals surface area (Å²) in [4.78, 5) is 24.8. The lowest BCUT2D eigenvalue weighted by atomic mass is 9.85. The lowest BCUT2D eigenvalue weighted by Gasteiger charge is -2.39. The fourth-order valence-electron chi connectivity index (χ4n) is 5.01. The van der Waals surface area contributed by atoms with Gasteiger partial charge in [0.2, 0.25) is 0 Å². The maximum atomic E-state index is 13.1. The van der Waals surface area contributed by atoms with Gasteiger partial charge in [0, 0.05) is 37.1 Å². The molecule has 0 saturated carbocycles. The molecule has 0 spiro atoms. The van der Waals surface area contributed by atoms with Crippen LogP contribution in [-0.4, -0.2) is 41.5 Å². The van der Waals surface area contributed by atoms with Gasteiger partial charge in [0.25, 0.3) is 5.91 Å². The molecule has 2 heterocycles. The van der Waals surface area contributed by atoms with Gasteiger partial charge in [-0.2, -0.15) is 0 Å². The molecule has 2 atom stereocenters. The van der Waals surface area contributed by atoms with Gasteiger partial charge in [0.15, 0.2) is 9.84 Å². The molecule has 0 radical (unpaired) electrons. The topological polar surface area (TPSA) is 92.3 Å². The first-order valence-electron chi connectivity index (χ1n) is 12.9. The number of rotatable bonds is 8. The van der Waals surface area contributed by atoms with Crippen LogP contribution < -0.4 is 5.32 Å². The van der Waals surface area contributed by atoms with Crippen molar-refractivity contribution in [3.8, 4) is 0 Å². The van der Waals surface area contributed by atoms with Gasteiger partial charge in [-0.1, -0.05) is 39.0 Å². The molecule has 1 amide bonds. The average molecular weight is 521 g/mol. The zero-order valence-electron chi connectivity index (χ0n) is 22.2. The van der Waals surface area contributed by atoms with E-state index in [1.807, 2.05) is 38.4 Å². The molecule has 0 bridgehead atoms. The van der Waals surface area contributed by atoms with Crippen LogP contribution >= 0.6 is 0 Å². The highest BCUT2D eigenvalue weighted by atomic mass is 32.2. The number of sulfone groups is 1. The molecule has 37 heavy (non-hydrogen) atoms. The van der Waals surface area contributed by atoms with Crippen molar-refractivity contribution < 1.29 is 13.2 Å². The van der Waals surface area contributed by atoms with E-state index in [4.69, 9.17) is 0 Å². The first kappa shape index (κ1) is 26.9. The summed E-state index contributed by atoms with van der Waals surface area (Å²) in [5.41, 5.74) is 5.84. The quantitative estimate of drug-likeness (QED) is 0.458. The third kappa shape index (κ3) is 6.08. The molecule has 2 aromatic carbocycles. The Morgan fingerprint density at radius 3 is 2.43 bits per heavy atom. The van der Waals surface area contributed by atoms with Crippen LogP contribution in [0.5, 0.6) is 0 Å². The first-order valence-corrected chi connectivity index (χ1v) is 14.5. The Hall–Kier alpha value is -3.10. The minimum atomic E-state index is -3.25. The highest BCUT2D eigenvalue weighted by Crippen LogP contribution is 2.36. The van der Waals surface area contributed by atoms with Crippen LogP contribution in [0.15, 0.2) is 59.8 Å². The van der Waals surface area contributed by atoms with E-state index in [9.17, 15) is 13.2 Å². The summed E-state index contributed by atoms with van der Waals surface area (Å²) in [6.45, 7) is 11.6. The Morgan fingerprint density at radius 2 is 1.81 bits per heavy atom. The van der Waals surface area contributed by atoms with Crippen molar-refractivity contribution in [1.82, 2.24) is 20.2 Å². The van der Waals surface area contributed by atoms with Crippen LogP contribution in [0.2, 0.25) is 0 Å². The van der Waals surface area contributed by atoms with Gasteiger partial charge in [-0.3, -0.25) is 19.7 Å². The lowest BCUT2D eigenvalue weighted by molar-refractivity contribution is 0.0939. The zero-order valence-corrected chi connectivity index (χ0v) is 23.0. The Labute approximate surface area is 220 Å². The van der Waals surface area contributed by atoms with E-state index < -0.39 is 9.84 Å². The number of amides is 1. The van der Waals surface area contributed by atoms with Crippen LogP contribution in [-0.2, 0) is 22.8 Å². The molecule has 1 N–H and O–H groups in total. The second kappa shape index (κ2) is 11.1. The van der Waals surface area contributed by atoms with Crippen molar-refractivity contribution in [3.63, 3.8) is 0 Å². The molecule has 1 aliphatic heterocycles. The normalized spacial score (nSPS) is 16.9. The molecule has 0 aliphatic carbocycles. The molecule has 0 saturated heterocycles. The molecule has 2 unspecified atom stereocenters. The van der Waals surface area contributed by atoms with Crippen molar-refractivity contribution in [2.24, 2.45) is 5.92 Å². The molecule has 196 valence electrons. The number of carbonyl (C=O) groups is 1. The summed E-state index contributed by atoms with van der Waals surface area (Å²) in [6.07, 6.45) is 4.53.